The monoisotopic (exact) mass is 362 g/mol. The Hall–Kier alpha value is -0.710. The maximum atomic E-state index is 11.7. The minimum absolute atomic E-state index is 0. The zero-order valence-corrected chi connectivity index (χ0v) is 15.4. The Morgan fingerprint density at radius 2 is 1.76 bits per heavy atom. The molecule has 0 radical (unpaired) electrons. The standard InChI is InChI=1S/C16H30N2O2.BrH/c1-4-5-6-7-8-9-10-11-16(19)20-15(2)18-13-12-17(3)14-18;/h12-13,15H,4-11,14H2,1-3H3;1H. The van der Waals surface area contributed by atoms with Crippen LogP contribution in [0.2, 0.25) is 0 Å². The smallest absolute Gasteiger partial charge is 0.307 e. The van der Waals surface area contributed by atoms with Gasteiger partial charge >= 0.3 is 5.97 Å². The summed E-state index contributed by atoms with van der Waals surface area (Å²) in [6.45, 7) is 4.93. The number of hydrogen-bond acceptors (Lipinski definition) is 4. The number of nitrogens with zero attached hydrogens (tertiary/aromatic N) is 2. The number of rotatable bonds is 10. The molecular weight excluding hydrogens is 332 g/mol. The summed E-state index contributed by atoms with van der Waals surface area (Å²) < 4.78 is 5.44. The van der Waals surface area contributed by atoms with Crippen LogP contribution < -0.4 is 0 Å². The first-order valence-electron chi connectivity index (χ1n) is 7.97. The predicted molar refractivity (Wildman–Crippen MR) is 92.1 cm³/mol. The molecule has 1 atom stereocenters. The molecule has 1 aliphatic heterocycles. The van der Waals surface area contributed by atoms with Gasteiger partial charge < -0.3 is 14.5 Å². The molecule has 21 heavy (non-hydrogen) atoms. The fourth-order valence-electron chi connectivity index (χ4n) is 2.33. The summed E-state index contributed by atoms with van der Waals surface area (Å²) in [6.07, 6.45) is 12.9. The lowest BCUT2D eigenvalue weighted by Gasteiger charge is -2.25. The molecule has 0 saturated carbocycles. The van der Waals surface area contributed by atoms with Crippen molar-refractivity contribution in [3.05, 3.63) is 12.4 Å². The number of ether oxygens (including phenoxy) is 1. The third-order valence-corrected chi connectivity index (χ3v) is 3.65. The van der Waals surface area contributed by atoms with E-state index in [1.807, 2.05) is 31.3 Å². The van der Waals surface area contributed by atoms with E-state index in [0.717, 1.165) is 19.5 Å². The van der Waals surface area contributed by atoms with Crippen LogP contribution in [0, 0.1) is 0 Å². The van der Waals surface area contributed by atoms with Gasteiger partial charge in [-0.1, -0.05) is 45.4 Å². The molecule has 0 spiro atoms. The molecule has 5 heteroatoms. The van der Waals surface area contributed by atoms with Crippen LogP contribution in [0.5, 0.6) is 0 Å². The van der Waals surface area contributed by atoms with Gasteiger partial charge in [-0.3, -0.25) is 4.79 Å². The lowest BCUT2D eigenvalue weighted by atomic mass is 10.1. The van der Waals surface area contributed by atoms with E-state index < -0.39 is 0 Å². The summed E-state index contributed by atoms with van der Waals surface area (Å²) >= 11 is 0. The van der Waals surface area contributed by atoms with Gasteiger partial charge in [0.15, 0.2) is 6.23 Å². The van der Waals surface area contributed by atoms with E-state index in [9.17, 15) is 4.79 Å². The van der Waals surface area contributed by atoms with Crippen molar-refractivity contribution in [1.29, 1.82) is 0 Å². The van der Waals surface area contributed by atoms with Gasteiger partial charge in [-0.15, -0.1) is 17.0 Å². The zero-order chi connectivity index (χ0) is 14.8. The Morgan fingerprint density at radius 3 is 2.33 bits per heavy atom. The van der Waals surface area contributed by atoms with Gasteiger partial charge in [-0.05, 0) is 13.3 Å². The molecule has 0 N–H and O–H groups in total. The molecule has 124 valence electrons. The summed E-state index contributed by atoms with van der Waals surface area (Å²) in [5.41, 5.74) is 0. The summed E-state index contributed by atoms with van der Waals surface area (Å²) in [7, 11) is 2.00. The van der Waals surface area contributed by atoms with Crippen LogP contribution >= 0.6 is 17.0 Å². The Bertz CT molecular complexity index is 311. The first kappa shape index (κ1) is 20.3. The molecule has 1 heterocycles. The van der Waals surface area contributed by atoms with Crippen LogP contribution in [0.1, 0.15) is 65.2 Å². The van der Waals surface area contributed by atoms with Crippen LogP contribution in [0.15, 0.2) is 12.4 Å². The molecule has 0 aromatic carbocycles. The average molecular weight is 363 g/mol. The third-order valence-electron chi connectivity index (χ3n) is 3.65. The van der Waals surface area contributed by atoms with Crippen LogP contribution in [-0.4, -0.2) is 35.7 Å². The Morgan fingerprint density at radius 1 is 1.14 bits per heavy atom. The lowest BCUT2D eigenvalue weighted by Crippen LogP contribution is -2.34. The average Bonchev–Trinajstić information content (AvgIpc) is 2.84. The molecule has 4 nitrogen and oxygen atoms in total. The van der Waals surface area contributed by atoms with E-state index in [4.69, 9.17) is 4.74 Å². The van der Waals surface area contributed by atoms with E-state index >= 15 is 0 Å². The highest BCUT2D eigenvalue weighted by atomic mass is 79.9. The lowest BCUT2D eigenvalue weighted by molar-refractivity contribution is -0.155. The maximum absolute atomic E-state index is 11.7. The van der Waals surface area contributed by atoms with Crippen molar-refractivity contribution < 1.29 is 9.53 Å². The molecule has 0 aromatic heterocycles. The molecule has 1 rings (SSSR count). The van der Waals surface area contributed by atoms with E-state index in [1.54, 1.807) is 0 Å². The summed E-state index contributed by atoms with van der Waals surface area (Å²) in [4.78, 5) is 15.8. The molecule has 0 aliphatic carbocycles. The van der Waals surface area contributed by atoms with Crippen molar-refractivity contribution in [2.75, 3.05) is 13.7 Å². The second kappa shape index (κ2) is 11.9. The SMILES string of the molecule is Br.CCCCCCCCCC(=O)OC(C)N1C=CN(C)C1. The second-order valence-electron chi connectivity index (χ2n) is 5.67. The predicted octanol–water partition coefficient (Wildman–Crippen LogP) is 4.27. The Labute approximate surface area is 140 Å². The Balaban J connectivity index is 0.00000400. The summed E-state index contributed by atoms with van der Waals surface area (Å²) in [5, 5.41) is 0. The largest absolute Gasteiger partial charge is 0.442 e. The van der Waals surface area contributed by atoms with Gasteiger partial charge in [-0.25, -0.2) is 0 Å². The van der Waals surface area contributed by atoms with Crippen LogP contribution in [-0.2, 0) is 9.53 Å². The fourth-order valence-corrected chi connectivity index (χ4v) is 2.33. The molecule has 0 bridgehead atoms. The van der Waals surface area contributed by atoms with Gasteiger partial charge in [0, 0.05) is 25.9 Å². The van der Waals surface area contributed by atoms with Crippen molar-refractivity contribution in [3.63, 3.8) is 0 Å². The summed E-state index contributed by atoms with van der Waals surface area (Å²) in [6, 6.07) is 0. The van der Waals surface area contributed by atoms with Gasteiger partial charge in [0.05, 0.1) is 6.67 Å². The van der Waals surface area contributed by atoms with Crippen molar-refractivity contribution in [1.82, 2.24) is 9.80 Å². The molecule has 1 aliphatic rings. The second-order valence-corrected chi connectivity index (χ2v) is 5.67. The molecular formula is C16H31BrN2O2. The normalized spacial score (nSPS) is 15.0. The number of carbonyl (C=O) groups is 1. The number of hydrogen-bond donors (Lipinski definition) is 0. The minimum atomic E-state index is -0.173. The van der Waals surface area contributed by atoms with E-state index in [2.05, 4.69) is 11.8 Å². The van der Waals surface area contributed by atoms with Gasteiger partial charge in [0.1, 0.15) is 0 Å². The number of carbonyl (C=O) groups excluding carboxylic acids is 1. The van der Waals surface area contributed by atoms with E-state index in [1.165, 1.54) is 32.1 Å². The first-order valence-corrected chi connectivity index (χ1v) is 7.97. The third kappa shape index (κ3) is 9.02. The Kier molecular flexibility index (Phi) is 11.5. The quantitative estimate of drug-likeness (QED) is 0.429. The topological polar surface area (TPSA) is 32.8 Å². The van der Waals surface area contributed by atoms with Gasteiger partial charge in [0.25, 0.3) is 0 Å². The zero-order valence-electron chi connectivity index (χ0n) is 13.7. The summed E-state index contributed by atoms with van der Waals surface area (Å²) in [5.74, 6) is -0.0750. The van der Waals surface area contributed by atoms with Crippen LogP contribution in [0.25, 0.3) is 0 Å². The molecule has 1 unspecified atom stereocenters. The molecule has 0 fully saturated rings. The molecule has 0 amide bonds. The van der Waals surface area contributed by atoms with E-state index in [0.29, 0.717) is 6.42 Å². The number of esters is 1. The maximum Gasteiger partial charge on any atom is 0.307 e. The van der Waals surface area contributed by atoms with Crippen molar-refractivity contribution in [3.8, 4) is 0 Å². The first-order chi connectivity index (χ1) is 9.63. The number of halogens is 1. The highest BCUT2D eigenvalue weighted by molar-refractivity contribution is 8.93. The van der Waals surface area contributed by atoms with Crippen LogP contribution in [0.4, 0.5) is 0 Å². The van der Waals surface area contributed by atoms with Gasteiger partial charge in [0.2, 0.25) is 0 Å². The van der Waals surface area contributed by atoms with Crippen molar-refractivity contribution in [2.24, 2.45) is 0 Å². The number of unbranched alkanes of at least 4 members (excludes halogenated alkanes) is 6. The van der Waals surface area contributed by atoms with E-state index in [-0.39, 0.29) is 29.2 Å². The van der Waals surface area contributed by atoms with Crippen LogP contribution in [0.3, 0.4) is 0 Å². The highest BCUT2D eigenvalue weighted by Gasteiger charge is 2.18. The van der Waals surface area contributed by atoms with Crippen molar-refractivity contribution in [2.45, 2.75) is 71.4 Å². The molecule has 0 saturated heterocycles. The van der Waals surface area contributed by atoms with Crippen molar-refractivity contribution >= 4 is 23.0 Å². The highest BCUT2D eigenvalue weighted by Crippen LogP contribution is 2.12. The molecule has 0 aromatic rings. The van der Waals surface area contributed by atoms with Gasteiger partial charge in [-0.2, -0.15) is 0 Å². The minimum Gasteiger partial charge on any atom is -0.442 e. The fraction of sp³-hybridized carbons (Fsp3) is 0.812.